The van der Waals surface area contributed by atoms with Crippen LogP contribution in [0.2, 0.25) is 10.0 Å². The van der Waals surface area contributed by atoms with Gasteiger partial charge in [-0.1, -0.05) is 23.2 Å². The highest BCUT2D eigenvalue weighted by molar-refractivity contribution is 7.17. The van der Waals surface area contributed by atoms with Gasteiger partial charge in [0.15, 0.2) is 0 Å². The molecule has 0 saturated carbocycles. The monoisotopic (exact) mass is 411 g/mol. The minimum atomic E-state index is -0.619. The Morgan fingerprint density at radius 2 is 2.00 bits per heavy atom. The number of hydrogen-bond acceptors (Lipinski definition) is 4. The summed E-state index contributed by atoms with van der Waals surface area (Å²) in [5, 5.41) is 3.68. The van der Waals surface area contributed by atoms with E-state index in [2.05, 4.69) is 5.32 Å². The van der Waals surface area contributed by atoms with Crippen LogP contribution in [-0.4, -0.2) is 29.2 Å². The molecule has 6 nitrogen and oxygen atoms in total. The SMILES string of the molecule is CC(=O)N1CCc2c(sc(NC(=O)c3cc(Cl)ccc3Cl)c2C(N)=O)C1. The largest absolute Gasteiger partial charge is 0.365 e. The Morgan fingerprint density at radius 1 is 1.27 bits per heavy atom. The molecule has 3 amide bonds. The maximum Gasteiger partial charge on any atom is 0.257 e. The Hall–Kier alpha value is -2.09. The Morgan fingerprint density at radius 3 is 2.65 bits per heavy atom. The second-order valence-electron chi connectivity index (χ2n) is 5.84. The Balaban J connectivity index is 1.95. The molecule has 0 aliphatic carbocycles. The van der Waals surface area contributed by atoms with Crippen molar-refractivity contribution < 1.29 is 14.4 Å². The number of benzene rings is 1. The summed E-state index contributed by atoms with van der Waals surface area (Å²) in [4.78, 5) is 38.7. The molecular formula is C17H15Cl2N3O3S. The summed E-state index contributed by atoms with van der Waals surface area (Å²) >= 11 is 13.2. The fraction of sp³-hybridized carbons (Fsp3) is 0.235. The molecule has 0 atom stereocenters. The van der Waals surface area contributed by atoms with Gasteiger partial charge in [-0.05, 0) is 30.2 Å². The molecule has 0 unspecified atom stereocenters. The van der Waals surface area contributed by atoms with Gasteiger partial charge in [0, 0.05) is 23.4 Å². The van der Waals surface area contributed by atoms with E-state index in [1.807, 2.05) is 0 Å². The highest BCUT2D eigenvalue weighted by Crippen LogP contribution is 2.37. The van der Waals surface area contributed by atoms with Crippen LogP contribution in [0.25, 0.3) is 0 Å². The molecular weight excluding hydrogens is 397 g/mol. The number of carbonyl (C=O) groups is 3. The van der Waals surface area contributed by atoms with Crippen LogP contribution in [0.5, 0.6) is 0 Å². The van der Waals surface area contributed by atoms with Gasteiger partial charge in [-0.2, -0.15) is 0 Å². The van der Waals surface area contributed by atoms with E-state index in [0.29, 0.717) is 35.1 Å². The number of hydrogen-bond donors (Lipinski definition) is 2. The van der Waals surface area contributed by atoms with E-state index in [9.17, 15) is 14.4 Å². The van der Waals surface area contributed by atoms with Crippen LogP contribution in [0, 0.1) is 0 Å². The van der Waals surface area contributed by atoms with Crippen molar-refractivity contribution in [3.8, 4) is 0 Å². The van der Waals surface area contributed by atoms with Gasteiger partial charge in [-0.3, -0.25) is 14.4 Å². The number of carbonyl (C=O) groups excluding carboxylic acids is 3. The number of nitrogens with zero attached hydrogens (tertiary/aromatic N) is 1. The lowest BCUT2D eigenvalue weighted by Gasteiger charge is -2.25. The fourth-order valence-electron chi connectivity index (χ4n) is 2.86. The van der Waals surface area contributed by atoms with E-state index in [1.165, 1.54) is 30.4 Å². The number of halogens is 2. The molecule has 0 radical (unpaired) electrons. The summed E-state index contributed by atoms with van der Waals surface area (Å²) in [7, 11) is 0. The summed E-state index contributed by atoms with van der Waals surface area (Å²) in [6, 6.07) is 4.56. The van der Waals surface area contributed by atoms with Gasteiger partial charge in [0.25, 0.3) is 11.8 Å². The predicted octanol–water partition coefficient (Wildman–Crippen LogP) is 3.31. The van der Waals surface area contributed by atoms with E-state index in [4.69, 9.17) is 28.9 Å². The van der Waals surface area contributed by atoms with Crippen LogP contribution in [0.4, 0.5) is 5.00 Å². The lowest BCUT2D eigenvalue weighted by atomic mass is 10.0. The molecule has 0 bridgehead atoms. The molecule has 136 valence electrons. The van der Waals surface area contributed by atoms with Crippen molar-refractivity contribution in [2.75, 3.05) is 11.9 Å². The van der Waals surface area contributed by atoms with Crippen LogP contribution in [0.1, 0.15) is 38.1 Å². The summed E-state index contributed by atoms with van der Waals surface area (Å²) < 4.78 is 0. The van der Waals surface area contributed by atoms with Crippen molar-refractivity contribution in [3.05, 3.63) is 49.8 Å². The van der Waals surface area contributed by atoms with Gasteiger partial charge >= 0.3 is 0 Å². The number of nitrogens with one attached hydrogen (secondary N) is 1. The van der Waals surface area contributed by atoms with Crippen molar-refractivity contribution in [1.82, 2.24) is 4.90 Å². The molecule has 0 saturated heterocycles. The van der Waals surface area contributed by atoms with Crippen molar-refractivity contribution in [1.29, 1.82) is 0 Å². The summed E-state index contributed by atoms with van der Waals surface area (Å²) in [6.07, 6.45) is 0.511. The summed E-state index contributed by atoms with van der Waals surface area (Å²) in [5.74, 6) is -1.14. The molecule has 2 aromatic rings. The highest BCUT2D eigenvalue weighted by Gasteiger charge is 2.28. The van der Waals surface area contributed by atoms with Gasteiger partial charge in [-0.15, -0.1) is 11.3 Å². The molecule has 1 aromatic carbocycles. The minimum Gasteiger partial charge on any atom is -0.365 e. The maximum absolute atomic E-state index is 12.6. The molecule has 2 heterocycles. The van der Waals surface area contributed by atoms with Gasteiger partial charge in [0.05, 0.1) is 22.7 Å². The highest BCUT2D eigenvalue weighted by atomic mass is 35.5. The smallest absolute Gasteiger partial charge is 0.257 e. The van der Waals surface area contributed by atoms with Gasteiger partial charge < -0.3 is 16.0 Å². The van der Waals surface area contributed by atoms with Crippen molar-refractivity contribution in [3.63, 3.8) is 0 Å². The van der Waals surface area contributed by atoms with E-state index in [0.717, 1.165) is 10.4 Å². The number of nitrogens with two attached hydrogens (primary N) is 1. The zero-order valence-electron chi connectivity index (χ0n) is 13.8. The normalized spacial score (nSPS) is 13.3. The number of thiophene rings is 1. The van der Waals surface area contributed by atoms with Crippen LogP contribution in [0.3, 0.4) is 0 Å². The van der Waals surface area contributed by atoms with Crippen molar-refractivity contribution >= 4 is 57.3 Å². The number of fused-ring (bicyclic) bond motifs is 1. The maximum atomic E-state index is 12.6. The van der Waals surface area contributed by atoms with E-state index >= 15 is 0 Å². The first-order valence-electron chi connectivity index (χ1n) is 7.74. The fourth-order valence-corrected chi connectivity index (χ4v) is 4.50. The Bertz CT molecular complexity index is 926. The van der Waals surface area contributed by atoms with Gasteiger partial charge in [0.2, 0.25) is 5.91 Å². The summed E-state index contributed by atoms with van der Waals surface area (Å²) in [6.45, 7) is 2.40. The first-order chi connectivity index (χ1) is 12.3. The molecule has 1 aliphatic rings. The van der Waals surface area contributed by atoms with E-state index in [1.54, 1.807) is 11.0 Å². The number of rotatable bonds is 3. The molecule has 1 aromatic heterocycles. The lowest BCUT2D eigenvalue weighted by Crippen LogP contribution is -2.34. The average Bonchev–Trinajstić information content (AvgIpc) is 2.93. The first-order valence-corrected chi connectivity index (χ1v) is 9.31. The van der Waals surface area contributed by atoms with Gasteiger partial charge in [-0.25, -0.2) is 0 Å². The van der Waals surface area contributed by atoms with Crippen molar-refractivity contribution in [2.45, 2.75) is 19.9 Å². The Labute approximate surface area is 163 Å². The third-order valence-electron chi connectivity index (χ3n) is 4.15. The zero-order chi connectivity index (χ0) is 19.0. The second-order valence-corrected chi connectivity index (χ2v) is 7.79. The zero-order valence-corrected chi connectivity index (χ0v) is 16.1. The second kappa shape index (κ2) is 7.26. The van der Waals surface area contributed by atoms with Gasteiger partial charge in [0.1, 0.15) is 5.00 Å². The minimum absolute atomic E-state index is 0.0408. The molecule has 26 heavy (non-hydrogen) atoms. The average molecular weight is 412 g/mol. The number of amides is 3. The number of anilines is 1. The molecule has 0 fully saturated rings. The molecule has 1 aliphatic heterocycles. The third kappa shape index (κ3) is 3.56. The predicted molar refractivity (Wildman–Crippen MR) is 102 cm³/mol. The van der Waals surface area contributed by atoms with Crippen molar-refractivity contribution in [2.24, 2.45) is 5.73 Å². The summed E-state index contributed by atoms with van der Waals surface area (Å²) in [5.41, 5.74) is 6.81. The molecule has 9 heteroatoms. The van der Waals surface area contributed by atoms with E-state index < -0.39 is 11.8 Å². The van der Waals surface area contributed by atoms with E-state index in [-0.39, 0.29) is 16.5 Å². The first kappa shape index (κ1) is 18.7. The van der Waals surface area contributed by atoms with Crippen LogP contribution in [-0.2, 0) is 17.8 Å². The lowest BCUT2D eigenvalue weighted by molar-refractivity contribution is -0.129. The quantitative estimate of drug-likeness (QED) is 0.810. The topological polar surface area (TPSA) is 92.5 Å². The third-order valence-corrected chi connectivity index (χ3v) is 5.85. The standard InChI is InChI=1S/C17H15Cl2N3O3S/c1-8(23)22-5-4-10-13(7-22)26-17(14(10)15(20)24)21-16(25)11-6-9(18)2-3-12(11)19/h2-3,6H,4-5,7H2,1H3,(H2,20,24)(H,21,25). The molecule has 0 spiro atoms. The van der Waals surface area contributed by atoms with Crippen LogP contribution in [0.15, 0.2) is 18.2 Å². The molecule has 3 rings (SSSR count). The number of primary amides is 1. The van der Waals surface area contributed by atoms with Crippen LogP contribution >= 0.6 is 34.5 Å². The molecule has 3 N–H and O–H groups in total. The Kier molecular flexibility index (Phi) is 5.22. The van der Waals surface area contributed by atoms with Crippen LogP contribution < -0.4 is 11.1 Å².